The van der Waals surface area contributed by atoms with Gasteiger partial charge in [-0.15, -0.1) is 0 Å². The predicted molar refractivity (Wildman–Crippen MR) is 130 cm³/mol. The van der Waals surface area contributed by atoms with Crippen molar-refractivity contribution in [3.63, 3.8) is 0 Å². The maximum atomic E-state index is 13.7. The van der Waals surface area contributed by atoms with E-state index >= 15 is 0 Å². The number of hydrogen-bond acceptors (Lipinski definition) is 5. The molecule has 1 aliphatic heterocycles. The van der Waals surface area contributed by atoms with Crippen molar-refractivity contribution in [1.29, 1.82) is 0 Å². The van der Waals surface area contributed by atoms with E-state index in [-0.39, 0.29) is 30.6 Å². The van der Waals surface area contributed by atoms with Gasteiger partial charge in [-0.2, -0.15) is 9.78 Å². The van der Waals surface area contributed by atoms with Crippen molar-refractivity contribution in [3.8, 4) is 11.7 Å². The number of carbonyl (C=O) groups is 1. The van der Waals surface area contributed by atoms with Gasteiger partial charge < -0.3 is 4.74 Å². The van der Waals surface area contributed by atoms with Crippen molar-refractivity contribution < 1.29 is 13.9 Å². The smallest absolute Gasteiger partial charge is 0.252 e. The van der Waals surface area contributed by atoms with Crippen LogP contribution in [0.5, 0.6) is 5.75 Å². The van der Waals surface area contributed by atoms with Gasteiger partial charge in [-0.1, -0.05) is 30.3 Å². The molecule has 2 aromatic carbocycles. The Morgan fingerprint density at radius 1 is 1.03 bits per heavy atom. The van der Waals surface area contributed by atoms with Crippen molar-refractivity contribution in [1.82, 2.24) is 19.7 Å². The number of rotatable bonds is 5. The molecule has 0 bridgehead atoms. The first kappa shape index (κ1) is 22.7. The molecule has 0 N–H and O–H groups in total. The first-order valence-electron chi connectivity index (χ1n) is 11.5. The van der Waals surface area contributed by atoms with Crippen LogP contribution in [0.25, 0.3) is 5.95 Å². The largest absolute Gasteiger partial charge is 0.496 e. The molecule has 0 fully saturated rings. The summed E-state index contributed by atoms with van der Waals surface area (Å²) in [5.74, 6) is 1.13. The zero-order chi connectivity index (χ0) is 24.7. The number of benzene rings is 2. The van der Waals surface area contributed by atoms with E-state index in [1.807, 2.05) is 51.1 Å². The van der Waals surface area contributed by atoms with E-state index in [1.54, 1.807) is 28.8 Å². The monoisotopic (exact) mass is 471 g/mol. The number of fused-ring (bicyclic) bond motifs is 1. The third-order valence-electron chi connectivity index (χ3n) is 6.29. The lowest BCUT2D eigenvalue weighted by Gasteiger charge is -2.33. The molecular weight excluding hydrogens is 445 g/mol. The minimum atomic E-state index is -0.319. The Bertz CT molecular complexity index is 1390. The number of halogens is 1. The van der Waals surface area contributed by atoms with Crippen LogP contribution in [0.3, 0.4) is 0 Å². The lowest BCUT2D eigenvalue weighted by molar-refractivity contribution is -0.119. The number of carbonyl (C=O) groups excluding carboxylic acids is 1. The molecular formula is C27H26FN5O2. The lowest BCUT2D eigenvalue weighted by atomic mass is 9.84. The summed E-state index contributed by atoms with van der Waals surface area (Å²) < 4.78 is 20.8. The summed E-state index contributed by atoms with van der Waals surface area (Å²) >= 11 is 0. The van der Waals surface area contributed by atoms with Gasteiger partial charge in [0.15, 0.2) is 0 Å². The van der Waals surface area contributed by atoms with Crippen LogP contribution in [0.1, 0.15) is 46.1 Å². The number of nitrogens with zero attached hydrogens (tertiary/aromatic N) is 5. The zero-order valence-corrected chi connectivity index (χ0v) is 20.1. The van der Waals surface area contributed by atoms with Gasteiger partial charge in [0.1, 0.15) is 17.4 Å². The van der Waals surface area contributed by atoms with Gasteiger partial charge in [-0.3, -0.25) is 9.69 Å². The fourth-order valence-electron chi connectivity index (χ4n) is 4.80. The van der Waals surface area contributed by atoms with Crippen molar-refractivity contribution in [2.45, 2.75) is 39.7 Å². The molecule has 0 saturated heterocycles. The second-order valence-electron chi connectivity index (χ2n) is 8.79. The van der Waals surface area contributed by atoms with E-state index in [4.69, 9.17) is 9.84 Å². The SMILES string of the molecule is COc1ccccc1C1CC(=O)N(Cc2ccc(F)cc2)c2c1c(C)nn2-c1nc(C)cc(C)n1. The molecule has 0 aliphatic carbocycles. The van der Waals surface area contributed by atoms with Crippen LogP contribution in [0.15, 0.2) is 54.6 Å². The third-order valence-corrected chi connectivity index (χ3v) is 6.29. The van der Waals surface area contributed by atoms with Crippen LogP contribution >= 0.6 is 0 Å². The first-order chi connectivity index (χ1) is 16.9. The molecule has 35 heavy (non-hydrogen) atoms. The molecule has 4 aromatic rings. The van der Waals surface area contributed by atoms with Gasteiger partial charge >= 0.3 is 0 Å². The molecule has 178 valence electrons. The summed E-state index contributed by atoms with van der Waals surface area (Å²) in [5, 5.41) is 4.81. The summed E-state index contributed by atoms with van der Waals surface area (Å²) in [6.07, 6.45) is 0.259. The highest BCUT2D eigenvalue weighted by Crippen LogP contribution is 2.45. The topological polar surface area (TPSA) is 73.1 Å². The average molecular weight is 472 g/mol. The van der Waals surface area contributed by atoms with Crippen molar-refractivity contribution >= 4 is 11.7 Å². The number of methoxy groups -OCH3 is 1. The van der Waals surface area contributed by atoms with E-state index in [1.165, 1.54) is 12.1 Å². The number of hydrogen-bond donors (Lipinski definition) is 0. The fraction of sp³-hybridized carbons (Fsp3) is 0.259. The minimum absolute atomic E-state index is 0.0664. The van der Waals surface area contributed by atoms with Gasteiger partial charge in [-0.05, 0) is 50.6 Å². The summed E-state index contributed by atoms with van der Waals surface area (Å²) in [7, 11) is 1.63. The molecule has 1 atom stereocenters. The molecule has 1 aliphatic rings. The molecule has 8 heteroatoms. The van der Waals surface area contributed by atoms with Gasteiger partial charge in [0, 0.05) is 34.9 Å². The maximum absolute atomic E-state index is 13.7. The summed E-state index contributed by atoms with van der Waals surface area (Å²) in [6, 6.07) is 15.8. The number of aryl methyl sites for hydroxylation is 3. The summed E-state index contributed by atoms with van der Waals surface area (Å²) in [5.41, 5.74) is 5.07. The Morgan fingerprint density at radius 3 is 2.40 bits per heavy atom. The Kier molecular flexibility index (Phi) is 5.80. The van der Waals surface area contributed by atoms with E-state index in [2.05, 4.69) is 9.97 Å². The molecule has 3 heterocycles. The predicted octanol–water partition coefficient (Wildman–Crippen LogP) is 4.80. The molecule has 0 saturated carbocycles. The van der Waals surface area contributed by atoms with Crippen LogP contribution < -0.4 is 9.64 Å². The van der Waals surface area contributed by atoms with Crippen LogP contribution in [-0.2, 0) is 11.3 Å². The normalized spacial score (nSPS) is 15.3. The standard InChI is InChI=1S/C27H26FN5O2/c1-16-13-17(2)30-27(29-16)33-26-25(18(3)31-33)22(21-7-5-6-8-23(21)35-4)14-24(34)32(26)15-19-9-11-20(28)12-10-19/h5-13,22H,14-15H2,1-4H3. The quantitative estimate of drug-likeness (QED) is 0.418. The first-order valence-corrected chi connectivity index (χ1v) is 11.5. The Labute approximate surface area is 203 Å². The van der Waals surface area contributed by atoms with E-state index in [0.29, 0.717) is 11.8 Å². The van der Waals surface area contributed by atoms with Gasteiger partial charge in [0.2, 0.25) is 5.91 Å². The number of para-hydroxylation sites is 1. The van der Waals surface area contributed by atoms with Gasteiger partial charge in [0.05, 0.1) is 19.3 Å². The van der Waals surface area contributed by atoms with Crippen LogP contribution in [0, 0.1) is 26.6 Å². The second-order valence-corrected chi connectivity index (χ2v) is 8.79. The van der Waals surface area contributed by atoms with E-state index in [0.717, 1.165) is 39.5 Å². The Hall–Kier alpha value is -4.07. The molecule has 0 spiro atoms. The second kappa shape index (κ2) is 8.94. The van der Waals surface area contributed by atoms with E-state index in [9.17, 15) is 9.18 Å². The molecule has 1 amide bonds. The molecule has 5 rings (SSSR count). The highest BCUT2D eigenvalue weighted by molar-refractivity contribution is 5.97. The van der Waals surface area contributed by atoms with Crippen LogP contribution in [0.2, 0.25) is 0 Å². The molecule has 7 nitrogen and oxygen atoms in total. The summed E-state index contributed by atoms with van der Waals surface area (Å²) in [6.45, 7) is 6.02. The number of ether oxygens (including phenoxy) is 1. The highest BCUT2D eigenvalue weighted by atomic mass is 19.1. The van der Waals surface area contributed by atoms with E-state index < -0.39 is 0 Å². The highest BCUT2D eigenvalue weighted by Gasteiger charge is 2.39. The van der Waals surface area contributed by atoms with Gasteiger partial charge in [0.25, 0.3) is 5.95 Å². The Morgan fingerprint density at radius 2 is 1.71 bits per heavy atom. The van der Waals surface area contributed by atoms with Crippen molar-refractivity contribution in [2.24, 2.45) is 0 Å². The fourth-order valence-corrected chi connectivity index (χ4v) is 4.80. The number of amides is 1. The van der Waals surface area contributed by atoms with Crippen LogP contribution in [-0.4, -0.2) is 32.8 Å². The molecule has 1 unspecified atom stereocenters. The lowest BCUT2D eigenvalue weighted by Crippen LogP contribution is -2.38. The maximum Gasteiger partial charge on any atom is 0.252 e. The number of anilines is 1. The zero-order valence-electron chi connectivity index (χ0n) is 20.1. The minimum Gasteiger partial charge on any atom is -0.496 e. The molecule has 0 radical (unpaired) electrons. The van der Waals surface area contributed by atoms with Crippen LogP contribution in [0.4, 0.5) is 10.2 Å². The third kappa shape index (κ3) is 4.16. The average Bonchev–Trinajstić information content (AvgIpc) is 3.18. The van der Waals surface area contributed by atoms with Crippen molar-refractivity contribution in [2.75, 3.05) is 12.0 Å². The Balaban J connectivity index is 1.72. The molecule has 2 aromatic heterocycles. The van der Waals surface area contributed by atoms with Gasteiger partial charge in [-0.25, -0.2) is 14.4 Å². The summed E-state index contributed by atoms with van der Waals surface area (Å²) in [4.78, 5) is 24.6. The van der Waals surface area contributed by atoms with Crippen molar-refractivity contribution in [3.05, 3.63) is 94.2 Å². The number of aromatic nitrogens is 4.